The molecule has 5 nitrogen and oxygen atoms in total. The molecular weight excluding hydrogens is 444 g/mol. The van der Waals surface area contributed by atoms with Gasteiger partial charge in [-0.15, -0.1) is 0 Å². The van der Waals surface area contributed by atoms with Crippen LogP contribution in [0, 0.1) is 9.39 Å². The Hall–Kier alpha value is -2.29. The number of rotatable bonds is 6. The molecule has 0 saturated carbocycles. The Labute approximate surface area is 165 Å². The van der Waals surface area contributed by atoms with E-state index in [4.69, 9.17) is 0 Å². The predicted octanol–water partition coefficient (Wildman–Crippen LogP) is 5.24. The van der Waals surface area contributed by atoms with Gasteiger partial charge in [-0.2, -0.15) is 4.98 Å². The third-order valence-corrected chi connectivity index (χ3v) is 4.55. The maximum atomic E-state index is 14.2. The number of nitrogens with one attached hydrogen (secondary N) is 2. The van der Waals surface area contributed by atoms with Crippen LogP contribution >= 0.6 is 22.6 Å². The van der Waals surface area contributed by atoms with Crippen LogP contribution in [-0.4, -0.2) is 21.0 Å². The van der Waals surface area contributed by atoms with Crippen molar-refractivity contribution in [2.75, 3.05) is 10.6 Å². The number of nitrogens with zero attached hydrogens (tertiary/aromatic N) is 3. The molecule has 3 aromatic rings. The molecule has 134 valence electrons. The Balaban J connectivity index is 1.98. The van der Waals surface area contributed by atoms with Crippen LogP contribution < -0.4 is 10.6 Å². The van der Waals surface area contributed by atoms with E-state index in [1.165, 1.54) is 6.07 Å². The van der Waals surface area contributed by atoms with Crippen LogP contribution in [0.5, 0.6) is 0 Å². The number of anilines is 3. The summed E-state index contributed by atoms with van der Waals surface area (Å²) in [6.07, 6.45) is 4.37. The highest BCUT2D eigenvalue weighted by molar-refractivity contribution is 14.1. The van der Waals surface area contributed by atoms with E-state index < -0.39 is 0 Å². The largest absolute Gasteiger partial charge is 0.352 e. The molecule has 2 aromatic heterocycles. The van der Waals surface area contributed by atoms with Crippen LogP contribution in [0.1, 0.15) is 20.3 Å². The summed E-state index contributed by atoms with van der Waals surface area (Å²) in [4.78, 5) is 13.1. The van der Waals surface area contributed by atoms with Crippen molar-refractivity contribution in [2.45, 2.75) is 26.3 Å². The van der Waals surface area contributed by atoms with Gasteiger partial charge in [0.25, 0.3) is 0 Å². The zero-order valence-electron chi connectivity index (χ0n) is 14.5. The summed E-state index contributed by atoms with van der Waals surface area (Å²) >= 11 is 2.08. The quantitative estimate of drug-likeness (QED) is 0.490. The average molecular weight is 463 g/mol. The van der Waals surface area contributed by atoms with E-state index in [9.17, 15) is 4.39 Å². The van der Waals surface area contributed by atoms with Crippen molar-refractivity contribution in [1.82, 2.24) is 15.0 Å². The van der Waals surface area contributed by atoms with Gasteiger partial charge in [-0.1, -0.05) is 6.92 Å². The van der Waals surface area contributed by atoms with Gasteiger partial charge in [-0.25, -0.2) is 9.37 Å². The first-order valence-electron chi connectivity index (χ1n) is 8.33. The van der Waals surface area contributed by atoms with Crippen molar-refractivity contribution in [2.24, 2.45) is 0 Å². The van der Waals surface area contributed by atoms with Gasteiger partial charge in [-0.05, 0) is 66.3 Å². The molecule has 0 radical (unpaired) electrons. The van der Waals surface area contributed by atoms with Gasteiger partial charge in [0.1, 0.15) is 11.6 Å². The summed E-state index contributed by atoms with van der Waals surface area (Å²) in [5, 5.41) is 6.33. The maximum Gasteiger partial charge on any atom is 0.225 e. The molecule has 3 rings (SSSR count). The molecule has 0 unspecified atom stereocenters. The SMILES string of the molecule is CC[C@H](C)Nc1nc(Nc2ccc(I)cc2F)cc(-c2ccncc2)n1. The van der Waals surface area contributed by atoms with Gasteiger partial charge in [0, 0.05) is 33.6 Å². The number of halogens is 2. The van der Waals surface area contributed by atoms with E-state index >= 15 is 0 Å². The summed E-state index contributed by atoms with van der Waals surface area (Å²) in [7, 11) is 0. The van der Waals surface area contributed by atoms with Crippen molar-refractivity contribution >= 4 is 40.0 Å². The second-order valence-electron chi connectivity index (χ2n) is 5.90. The van der Waals surface area contributed by atoms with Gasteiger partial charge in [0.2, 0.25) is 5.95 Å². The molecule has 0 aliphatic carbocycles. The van der Waals surface area contributed by atoms with Crippen molar-refractivity contribution in [1.29, 1.82) is 0 Å². The minimum atomic E-state index is -0.322. The Morgan fingerprint density at radius 1 is 1.12 bits per heavy atom. The van der Waals surface area contributed by atoms with Gasteiger partial charge in [0.15, 0.2) is 0 Å². The van der Waals surface area contributed by atoms with E-state index in [0.717, 1.165) is 21.2 Å². The first kappa shape index (κ1) is 18.5. The Bertz CT molecular complexity index is 888. The molecule has 0 aliphatic rings. The number of hydrogen-bond acceptors (Lipinski definition) is 5. The molecule has 0 aliphatic heterocycles. The number of pyridine rings is 1. The molecule has 0 saturated heterocycles. The monoisotopic (exact) mass is 463 g/mol. The summed E-state index contributed by atoms with van der Waals surface area (Å²) in [6.45, 7) is 4.15. The van der Waals surface area contributed by atoms with E-state index in [-0.39, 0.29) is 11.9 Å². The van der Waals surface area contributed by atoms with Crippen LogP contribution in [0.2, 0.25) is 0 Å². The smallest absolute Gasteiger partial charge is 0.225 e. The maximum absolute atomic E-state index is 14.2. The highest BCUT2D eigenvalue weighted by Gasteiger charge is 2.11. The molecule has 2 N–H and O–H groups in total. The molecule has 0 spiro atoms. The minimum absolute atomic E-state index is 0.227. The lowest BCUT2D eigenvalue weighted by molar-refractivity contribution is 0.631. The van der Waals surface area contributed by atoms with Gasteiger partial charge < -0.3 is 10.6 Å². The van der Waals surface area contributed by atoms with Gasteiger partial charge in [-0.3, -0.25) is 4.98 Å². The average Bonchev–Trinajstić information content (AvgIpc) is 2.64. The molecule has 1 aromatic carbocycles. The third-order valence-electron chi connectivity index (χ3n) is 3.88. The van der Waals surface area contributed by atoms with E-state index in [0.29, 0.717) is 17.5 Å². The van der Waals surface area contributed by atoms with Crippen molar-refractivity contribution in [3.05, 3.63) is 58.2 Å². The molecule has 0 fully saturated rings. The fraction of sp³-hybridized carbons (Fsp3) is 0.211. The van der Waals surface area contributed by atoms with Crippen LogP contribution in [0.15, 0.2) is 48.8 Å². The first-order chi connectivity index (χ1) is 12.5. The van der Waals surface area contributed by atoms with Crippen molar-refractivity contribution in [3.63, 3.8) is 0 Å². The van der Waals surface area contributed by atoms with Crippen LogP contribution in [-0.2, 0) is 0 Å². The number of benzene rings is 1. The summed E-state index contributed by atoms with van der Waals surface area (Å²) < 4.78 is 15.0. The molecule has 7 heteroatoms. The van der Waals surface area contributed by atoms with E-state index in [2.05, 4.69) is 62.0 Å². The molecule has 0 amide bonds. The zero-order valence-corrected chi connectivity index (χ0v) is 16.7. The topological polar surface area (TPSA) is 62.7 Å². The second-order valence-corrected chi connectivity index (χ2v) is 7.15. The first-order valence-corrected chi connectivity index (χ1v) is 9.41. The summed E-state index contributed by atoms with van der Waals surface area (Å²) in [5.41, 5.74) is 2.03. The lowest BCUT2D eigenvalue weighted by Gasteiger charge is -2.15. The van der Waals surface area contributed by atoms with Crippen molar-refractivity contribution in [3.8, 4) is 11.3 Å². The Morgan fingerprint density at radius 3 is 2.58 bits per heavy atom. The van der Waals surface area contributed by atoms with Crippen LogP contribution in [0.4, 0.5) is 21.8 Å². The fourth-order valence-corrected chi connectivity index (χ4v) is 2.75. The second kappa shape index (κ2) is 8.39. The van der Waals surface area contributed by atoms with Gasteiger partial charge >= 0.3 is 0 Å². The summed E-state index contributed by atoms with van der Waals surface area (Å²) in [6, 6.07) is 10.8. The van der Waals surface area contributed by atoms with Crippen molar-refractivity contribution < 1.29 is 4.39 Å². The van der Waals surface area contributed by atoms with Crippen LogP contribution in [0.3, 0.4) is 0 Å². The third kappa shape index (κ3) is 4.66. The Kier molecular flexibility index (Phi) is 5.97. The minimum Gasteiger partial charge on any atom is -0.352 e. The Morgan fingerprint density at radius 2 is 1.88 bits per heavy atom. The highest BCUT2D eigenvalue weighted by Crippen LogP contribution is 2.25. The zero-order chi connectivity index (χ0) is 18.5. The lowest BCUT2D eigenvalue weighted by Crippen LogP contribution is -2.16. The fourth-order valence-electron chi connectivity index (χ4n) is 2.30. The summed E-state index contributed by atoms with van der Waals surface area (Å²) in [5.74, 6) is 0.706. The normalized spacial score (nSPS) is 11.8. The molecule has 26 heavy (non-hydrogen) atoms. The van der Waals surface area contributed by atoms with Crippen LogP contribution in [0.25, 0.3) is 11.3 Å². The number of aromatic nitrogens is 3. The molecule has 0 bridgehead atoms. The molecule has 2 heterocycles. The standard InChI is InChI=1S/C19H19FIN5/c1-3-12(2)23-19-25-17(13-6-8-22-9-7-13)11-18(26-19)24-16-5-4-14(21)10-15(16)20/h4-12H,3H2,1-2H3,(H2,23,24,25,26)/t12-/m0/s1. The molecule has 1 atom stereocenters. The highest BCUT2D eigenvalue weighted by atomic mass is 127. The van der Waals surface area contributed by atoms with E-state index in [1.807, 2.05) is 18.2 Å². The number of hydrogen-bond donors (Lipinski definition) is 2. The molecular formula is C19H19FIN5. The lowest BCUT2D eigenvalue weighted by atomic mass is 10.2. The predicted molar refractivity (Wildman–Crippen MR) is 111 cm³/mol. The van der Waals surface area contributed by atoms with E-state index in [1.54, 1.807) is 24.5 Å². The van der Waals surface area contributed by atoms with Gasteiger partial charge in [0.05, 0.1) is 11.4 Å².